The lowest BCUT2D eigenvalue weighted by Gasteiger charge is -2.20. The number of carbonyl (C=O) groups excluding carboxylic acids is 1. The molecule has 2 rings (SSSR count). The van der Waals surface area contributed by atoms with Crippen LogP contribution in [0.3, 0.4) is 0 Å². The van der Waals surface area contributed by atoms with Gasteiger partial charge in [0.25, 0.3) is 0 Å². The first kappa shape index (κ1) is 25.1. The van der Waals surface area contributed by atoms with Crippen molar-refractivity contribution >= 4 is 40.3 Å². The number of halogens is 1. The summed E-state index contributed by atoms with van der Waals surface area (Å²) in [5.74, 6) is 2.17. The van der Waals surface area contributed by atoms with Crippen molar-refractivity contribution in [3.05, 3.63) is 27.5 Å². The lowest BCUT2D eigenvalue weighted by molar-refractivity contribution is -0.117. The maximum atomic E-state index is 12.4. The van der Waals surface area contributed by atoms with Crippen molar-refractivity contribution in [3.63, 3.8) is 0 Å². The second kappa shape index (κ2) is 12.0. The maximum Gasteiger partial charge on any atom is 0.240 e. The Kier molecular flexibility index (Phi) is 9.76. The quantitative estimate of drug-likeness (QED) is 0.400. The fourth-order valence-electron chi connectivity index (χ4n) is 3.16. The van der Waals surface area contributed by atoms with Crippen molar-refractivity contribution in [2.75, 3.05) is 37.8 Å². The standard InChI is InChI=1S/C22H32IN5O3/c1-6-8-28(9-7-2)13-20(29)26-22-25-12-19(21(24)27-22)31-17-11-16(23)18(30-5)10-15(17)14(3)4/h10-12,14H,6-9,13H2,1-5H3,(H3,24,25,26,27,29). The van der Waals surface area contributed by atoms with Gasteiger partial charge in [0, 0.05) is 5.56 Å². The second-order valence-corrected chi connectivity index (χ2v) is 8.71. The molecule has 0 saturated carbocycles. The Morgan fingerprint density at radius 1 is 1.19 bits per heavy atom. The lowest BCUT2D eigenvalue weighted by Crippen LogP contribution is -2.34. The van der Waals surface area contributed by atoms with Crippen LogP contribution in [-0.4, -0.2) is 47.5 Å². The van der Waals surface area contributed by atoms with E-state index < -0.39 is 0 Å². The number of carbonyl (C=O) groups is 1. The highest BCUT2D eigenvalue weighted by Gasteiger charge is 2.17. The van der Waals surface area contributed by atoms with Gasteiger partial charge in [-0.05, 0) is 66.6 Å². The molecule has 3 N–H and O–H groups in total. The molecule has 2 aromatic rings. The van der Waals surface area contributed by atoms with Gasteiger partial charge in [-0.25, -0.2) is 4.98 Å². The predicted molar refractivity (Wildman–Crippen MR) is 132 cm³/mol. The van der Waals surface area contributed by atoms with E-state index in [4.69, 9.17) is 15.2 Å². The van der Waals surface area contributed by atoms with Gasteiger partial charge in [-0.1, -0.05) is 27.7 Å². The van der Waals surface area contributed by atoms with E-state index in [1.54, 1.807) is 7.11 Å². The van der Waals surface area contributed by atoms with Gasteiger partial charge in [0.15, 0.2) is 11.6 Å². The number of nitrogens with two attached hydrogens (primary N) is 1. The fraction of sp³-hybridized carbons (Fsp3) is 0.500. The zero-order chi connectivity index (χ0) is 23.0. The summed E-state index contributed by atoms with van der Waals surface area (Å²) in [6.45, 7) is 10.4. The molecule has 1 amide bonds. The molecule has 0 spiro atoms. The van der Waals surface area contributed by atoms with Crippen LogP contribution in [0.15, 0.2) is 18.3 Å². The number of nitrogen functional groups attached to an aromatic ring is 1. The van der Waals surface area contributed by atoms with Crippen molar-refractivity contribution in [1.29, 1.82) is 0 Å². The molecule has 0 bridgehead atoms. The van der Waals surface area contributed by atoms with E-state index in [-0.39, 0.29) is 23.6 Å². The van der Waals surface area contributed by atoms with Crippen molar-refractivity contribution < 1.29 is 14.3 Å². The van der Waals surface area contributed by atoms with Crippen LogP contribution in [0, 0.1) is 3.57 Å². The molecule has 0 aliphatic rings. The Morgan fingerprint density at radius 3 is 2.42 bits per heavy atom. The van der Waals surface area contributed by atoms with Gasteiger partial charge < -0.3 is 15.2 Å². The molecule has 0 atom stereocenters. The van der Waals surface area contributed by atoms with Gasteiger partial charge in [-0.2, -0.15) is 4.98 Å². The number of rotatable bonds is 11. The largest absolute Gasteiger partial charge is 0.496 e. The highest BCUT2D eigenvalue weighted by molar-refractivity contribution is 14.1. The second-order valence-electron chi connectivity index (χ2n) is 7.55. The summed E-state index contributed by atoms with van der Waals surface area (Å²) in [5, 5.41) is 2.72. The van der Waals surface area contributed by atoms with Crippen LogP contribution in [0.1, 0.15) is 52.0 Å². The van der Waals surface area contributed by atoms with Crippen LogP contribution in [0.4, 0.5) is 11.8 Å². The zero-order valence-electron chi connectivity index (χ0n) is 18.9. The smallest absolute Gasteiger partial charge is 0.240 e. The fourth-order valence-corrected chi connectivity index (χ4v) is 3.82. The molecular weight excluding hydrogens is 509 g/mol. The van der Waals surface area contributed by atoms with Gasteiger partial charge in [-0.15, -0.1) is 0 Å². The zero-order valence-corrected chi connectivity index (χ0v) is 21.0. The van der Waals surface area contributed by atoms with E-state index in [9.17, 15) is 4.79 Å². The monoisotopic (exact) mass is 541 g/mol. The van der Waals surface area contributed by atoms with Gasteiger partial charge in [-0.3, -0.25) is 15.0 Å². The molecule has 0 unspecified atom stereocenters. The Bertz CT molecular complexity index is 886. The number of aromatic nitrogens is 2. The number of ether oxygens (including phenoxy) is 2. The normalized spacial score (nSPS) is 11.1. The van der Waals surface area contributed by atoms with Crippen LogP contribution >= 0.6 is 22.6 Å². The summed E-state index contributed by atoms with van der Waals surface area (Å²) in [5.41, 5.74) is 7.08. The molecule has 1 aromatic carbocycles. The van der Waals surface area contributed by atoms with E-state index in [1.165, 1.54) is 6.20 Å². The van der Waals surface area contributed by atoms with Crippen molar-refractivity contribution in [3.8, 4) is 17.2 Å². The third kappa shape index (κ3) is 7.20. The van der Waals surface area contributed by atoms with Crippen LogP contribution in [0.25, 0.3) is 0 Å². The average Bonchev–Trinajstić information content (AvgIpc) is 2.70. The lowest BCUT2D eigenvalue weighted by atomic mass is 10.0. The Balaban J connectivity index is 2.15. The number of methoxy groups -OCH3 is 1. The first-order valence-electron chi connectivity index (χ1n) is 10.5. The number of nitrogens with one attached hydrogen (secondary N) is 1. The van der Waals surface area contributed by atoms with Crippen LogP contribution in [0.5, 0.6) is 17.2 Å². The molecule has 1 heterocycles. The van der Waals surface area contributed by atoms with Gasteiger partial charge in [0.2, 0.25) is 11.9 Å². The van der Waals surface area contributed by atoms with E-state index in [0.29, 0.717) is 18.0 Å². The highest BCUT2D eigenvalue weighted by Crippen LogP contribution is 2.37. The van der Waals surface area contributed by atoms with Crippen LogP contribution < -0.4 is 20.5 Å². The molecule has 0 aliphatic heterocycles. The maximum absolute atomic E-state index is 12.4. The Labute approximate surface area is 198 Å². The minimum Gasteiger partial charge on any atom is -0.496 e. The molecule has 8 nitrogen and oxygen atoms in total. The van der Waals surface area contributed by atoms with Crippen LogP contribution in [0.2, 0.25) is 0 Å². The molecular formula is C22H32IN5O3. The number of hydrogen-bond acceptors (Lipinski definition) is 7. The van der Waals surface area contributed by atoms with Crippen molar-refractivity contribution in [2.45, 2.75) is 46.5 Å². The number of amides is 1. The SMILES string of the molecule is CCCN(CCC)CC(=O)Nc1ncc(Oc2cc(I)c(OC)cc2C(C)C)c(N)n1. The minimum atomic E-state index is -0.165. The molecule has 0 radical (unpaired) electrons. The summed E-state index contributed by atoms with van der Waals surface area (Å²) >= 11 is 2.20. The average molecular weight is 541 g/mol. The summed E-state index contributed by atoms with van der Waals surface area (Å²) in [6.07, 6.45) is 3.46. The Hall–Kier alpha value is -2.14. The molecule has 0 aliphatic carbocycles. The first-order chi connectivity index (χ1) is 14.8. The van der Waals surface area contributed by atoms with Crippen LogP contribution in [-0.2, 0) is 4.79 Å². The van der Waals surface area contributed by atoms with Gasteiger partial charge in [0.1, 0.15) is 11.5 Å². The van der Waals surface area contributed by atoms with Gasteiger partial charge in [0.05, 0.1) is 23.4 Å². The molecule has 1 aromatic heterocycles. The van der Waals surface area contributed by atoms with E-state index in [0.717, 1.165) is 40.8 Å². The number of anilines is 2. The molecule has 31 heavy (non-hydrogen) atoms. The Morgan fingerprint density at radius 2 is 1.87 bits per heavy atom. The number of benzene rings is 1. The van der Waals surface area contributed by atoms with E-state index in [1.807, 2.05) is 12.1 Å². The summed E-state index contributed by atoms with van der Waals surface area (Å²) in [7, 11) is 1.64. The number of nitrogens with zero attached hydrogens (tertiary/aromatic N) is 3. The molecule has 0 saturated heterocycles. The molecule has 0 fully saturated rings. The predicted octanol–water partition coefficient (Wildman–Crippen LogP) is 4.65. The summed E-state index contributed by atoms with van der Waals surface area (Å²) in [6, 6.07) is 3.87. The topological polar surface area (TPSA) is 103 Å². The highest BCUT2D eigenvalue weighted by atomic mass is 127. The third-order valence-electron chi connectivity index (χ3n) is 4.61. The third-order valence-corrected chi connectivity index (χ3v) is 5.45. The summed E-state index contributed by atoms with van der Waals surface area (Å²) < 4.78 is 12.4. The molecule has 170 valence electrons. The number of hydrogen-bond donors (Lipinski definition) is 2. The van der Waals surface area contributed by atoms with E-state index in [2.05, 4.69) is 70.5 Å². The van der Waals surface area contributed by atoms with Gasteiger partial charge >= 0.3 is 0 Å². The first-order valence-corrected chi connectivity index (χ1v) is 11.6. The van der Waals surface area contributed by atoms with Crippen molar-refractivity contribution in [1.82, 2.24) is 14.9 Å². The summed E-state index contributed by atoms with van der Waals surface area (Å²) in [4.78, 5) is 22.9. The van der Waals surface area contributed by atoms with E-state index >= 15 is 0 Å². The molecule has 9 heteroatoms. The van der Waals surface area contributed by atoms with Crippen molar-refractivity contribution in [2.24, 2.45) is 0 Å². The minimum absolute atomic E-state index is 0.157.